The van der Waals surface area contributed by atoms with Gasteiger partial charge in [0.2, 0.25) is 5.95 Å². The molecular weight excluding hydrogens is 418 g/mol. The predicted molar refractivity (Wildman–Crippen MR) is 126 cm³/mol. The number of carbonyl (C=O) groups excluding carboxylic acids is 1. The van der Waals surface area contributed by atoms with Crippen molar-refractivity contribution in [1.29, 1.82) is 0 Å². The maximum atomic E-state index is 13.4. The summed E-state index contributed by atoms with van der Waals surface area (Å²) in [6.45, 7) is 0. The van der Waals surface area contributed by atoms with Gasteiger partial charge in [0.05, 0.1) is 36.5 Å². The highest BCUT2D eigenvalue weighted by Gasteiger charge is 2.22. The molecule has 0 spiro atoms. The number of hydrogen-bond acceptors (Lipinski definition) is 5. The van der Waals surface area contributed by atoms with Crippen LogP contribution >= 0.6 is 0 Å². The summed E-state index contributed by atoms with van der Waals surface area (Å²) in [4.78, 5) is 20.9. The lowest BCUT2D eigenvalue weighted by atomic mass is 10.1. The number of amides is 1. The Morgan fingerprint density at radius 3 is 2.52 bits per heavy atom. The van der Waals surface area contributed by atoms with Crippen LogP contribution in [0, 0.1) is 0 Å². The fraction of sp³-hybridized carbons (Fsp3) is 0.0800. The van der Waals surface area contributed by atoms with E-state index in [-0.39, 0.29) is 5.91 Å². The molecule has 33 heavy (non-hydrogen) atoms. The van der Waals surface area contributed by atoms with Crippen LogP contribution in [0.25, 0.3) is 28.0 Å². The summed E-state index contributed by atoms with van der Waals surface area (Å²) in [6.07, 6.45) is 1.70. The second-order valence-corrected chi connectivity index (χ2v) is 7.29. The highest BCUT2D eigenvalue weighted by atomic mass is 16.5. The average molecular weight is 439 g/mol. The number of aromatic amines is 1. The van der Waals surface area contributed by atoms with Gasteiger partial charge in [0.25, 0.3) is 5.91 Å². The molecule has 0 bridgehead atoms. The van der Waals surface area contributed by atoms with E-state index in [1.54, 1.807) is 37.2 Å². The van der Waals surface area contributed by atoms with E-state index in [1.807, 2.05) is 60.7 Å². The standard InChI is InChI=1S/C25H21N5O3/c1-32-17-12-13-18(22(14-17)33-2)23-19(15-30(29-23)16-8-4-3-5-9-16)24(31)28-25-26-20-10-6-7-11-21(20)27-25/h3-15H,1-2H3,(H2,26,27,28,31). The third-order valence-electron chi connectivity index (χ3n) is 5.26. The van der Waals surface area contributed by atoms with Crippen molar-refractivity contribution in [3.63, 3.8) is 0 Å². The highest BCUT2D eigenvalue weighted by molar-refractivity contribution is 6.08. The van der Waals surface area contributed by atoms with Crippen LogP contribution in [0.4, 0.5) is 5.95 Å². The van der Waals surface area contributed by atoms with Gasteiger partial charge in [-0.25, -0.2) is 9.67 Å². The van der Waals surface area contributed by atoms with Crippen molar-refractivity contribution in [2.75, 3.05) is 19.5 Å². The van der Waals surface area contributed by atoms with Crippen LogP contribution in [0.3, 0.4) is 0 Å². The summed E-state index contributed by atoms with van der Waals surface area (Å²) in [7, 11) is 3.16. The summed E-state index contributed by atoms with van der Waals surface area (Å²) in [5.41, 5.74) is 3.96. The van der Waals surface area contributed by atoms with Crippen molar-refractivity contribution in [3.05, 3.63) is 84.6 Å². The maximum Gasteiger partial charge on any atom is 0.261 e. The number of carbonyl (C=O) groups is 1. The smallest absolute Gasteiger partial charge is 0.261 e. The van der Waals surface area contributed by atoms with E-state index in [0.29, 0.717) is 34.3 Å². The van der Waals surface area contributed by atoms with Crippen molar-refractivity contribution in [2.45, 2.75) is 0 Å². The minimum absolute atomic E-state index is 0.343. The predicted octanol–water partition coefficient (Wildman–Crippen LogP) is 4.69. The summed E-state index contributed by atoms with van der Waals surface area (Å²) in [6, 6.07) is 22.6. The topological polar surface area (TPSA) is 94.1 Å². The zero-order chi connectivity index (χ0) is 22.8. The Labute approximate surface area is 189 Å². The van der Waals surface area contributed by atoms with Crippen molar-refractivity contribution in [3.8, 4) is 28.4 Å². The van der Waals surface area contributed by atoms with E-state index in [2.05, 4.69) is 15.3 Å². The molecule has 5 rings (SSSR count). The molecule has 164 valence electrons. The average Bonchev–Trinajstić information content (AvgIpc) is 3.48. The Kier molecular flexibility index (Phi) is 5.24. The molecule has 5 aromatic rings. The second kappa shape index (κ2) is 8.51. The Hall–Kier alpha value is -4.59. The fourth-order valence-corrected chi connectivity index (χ4v) is 3.63. The Morgan fingerprint density at radius 1 is 0.970 bits per heavy atom. The van der Waals surface area contributed by atoms with Crippen LogP contribution in [0.15, 0.2) is 79.0 Å². The Balaban J connectivity index is 1.59. The van der Waals surface area contributed by atoms with Crippen LogP contribution in [-0.4, -0.2) is 39.9 Å². The second-order valence-electron chi connectivity index (χ2n) is 7.29. The summed E-state index contributed by atoms with van der Waals surface area (Å²) in [5, 5.41) is 7.58. The largest absolute Gasteiger partial charge is 0.497 e. The normalized spacial score (nSPS) is 10.8. The van der Waals surface area contributed by atoms with Gasteiger partial charge in [-0.05, 0) is 36.4 Å². The molecule has 0 aliphatic heterocycles. The maximum absolute atomic E-state index is 13.4. The molecule has 0 saturated carbocycles. The van der Waals surface area contributed by atoms with E-state index in [1.165, 1.54) is 0 Å². The van der Waals surface area contributed by atoms with Gasteiger partial charge in [-0.1, -0.05) is 30.3 Å². The van der Waals surface area contributed by atoms with Crippen LogP contribution in [-0.2, 0) is 0 Å². The van der Waals surface area contributed by atoms with Gasteiger partial charge in [0.15, 0.2) is 0 Å². The summed E-state index contributed by atoms with van der Waals surface area (Å²) in [5.74, 6) is 1.21. The number of H-pyrrole nitrogens is 1. The van der Waals surface area contributed by atoms with Crippen LogP contribution in [0.1, 0.15) is 10.4 Å². The fourth-order valence-electron chi connectivity index (χ4n) is 3.63. The number of rotatable bonds is 6. The van der Waals surface area contributed by atoms with Crippen molar-refractivity contribution in [2.24, 2.45) is 0 Å². The number of para-hydroxylation sites is 3. The molecule has 0 radical (unpaired) electrons. The summed E-state index contributed by atoms with van der Waals surface area (Å²) >= 11 is 0. The number of ether oxygens (including phenoxy) is 2. The molecule has 1 amide bonds. The summed E-state index contributed by atoms with van der Waals surface area (Å²) < 4.78 is 12.6. The number of anilines is 1. The van der Waals surface area contributed by atoms with Gasteiger partial charge in [-0.2, -0.15) is 5.10 Å². The van der Waals surface area contributed by atoms with Gasteiger partial charge >= 0.3 is 0 Å². The number of benzene rings is 3. The zero-order valence-electron chi connectivity index (χ0n) is 18.1. The van der Waals surface area contributed by atoms with Crippen molar-refractivity contribution < 1.29 is 14.3 Å². The van der Waals surface area contributed by atoms with E-state index < -0.39 is 0 Å². The zero-order valence-corrected chi connectivity index (χ0v) is 18.1. The molecular formula is C25H21N5O3. The molecule has 0 aliphatic rings. The number of nitrogens with one attached hydrogen (secondary N) is 2. The first-order valence-electron chi connectivity index (χ1n) is 10.3. The minimum atomic E-state index is -0.343. The number of nitrogens with zero attached hydrogens (tertiary/aromatic N) is 3. The Bertz CT molecular complexity index is 1410. The molecule has 2 N–H and O–H groups in total. The van der Waals surface area contributed by atoms with Crippen molar-refractivity contribution in [1.82, 2.24) is 19.7 Å². The molecule has 3 aromatic carbocycles. The first kappa shape index (κ1) is 20.3. The molecule has 0 unspecified atom stereocenters. The lowest BCUT2D eigenvalue weighted by molar-refractivity contribution is 0.102. The lowest BCUT2D eigenvalue weighted by Crippen LogP contribution is -2.13. The first-order chi connectivity index (χ1) is 16.2. The van der Waals surface area contributed by atoms with Gasteiger partial charge in [-0.3, -0.25) is 10.1 Å². The minimum Gasteiger partial charge on any atom is -0.497 e. The molecule has 0 fully saturated rings. The quantitative estimate of drug-likeness (QED) is 0.400. The first-order valence-corrected chi connectivity index (χ1v) is 10.3. The monoisotopic (exact) mass is 439 g/mol. The lowest BCUT2D eigenvalue weighted by Gasteiger charge is -2.10. The van der Waals surface area contributed by atoms with E-state index in [9.17, 15) is 4.79 Å². The number of aromatic nitrogens is 4. The molecule has 0 atom stereocenters. The Morgan fingerprint density at radius 2 is 1.76 bits per heavy atom. The van der Waals surface area contributed by atoms with Crippen LogP contribution in [0.5, 0.6) is 11.5 Å². The van der Waals surface area contributed by atoms with E-state index >= 15 is 0 Å². The van der Waals surface area contributed by atoms with Gasteiger partial charge in [0, 0.05) is 17.8 Å². The number of methoxy groups -OCH3 is 2. The van der Waals surface area contributed by atoms with E-state index in [0.717, 1.165) is 16.7 Å². The van der Waals surface area contributed by atoms with Crippen LogP contribution < -0.4 is 14.8 Å². The van der Waals surface area contributed by atoms with Gasteiger partial charge < -0.3 is 14.5 Å². The third kappa shape index (κ3) is 3.89. The number of fused-ring (bicyclic) bond motifs is 1. The molecule has 2 aromatic heterocycles. The molecule has 8 nitrogen and oxygen atoms in total. The van der Waals surface area contributed by atoms with Crippen molar-refractivity contribution >= 4 is 22.9 Å². The molecule has 8 heteroatoms. The van der Waals surface area contributed by atoms with Crippen LogP contribution in [0.2, 0.25) is 0 Å². The highest BCUT2D eigenvalue weighted by Crippen LogP contribution is 2.35. The molecule has 2 heterocycles. The SMILES string of the molecule is COc1ccc(-c2nn(-c3ccccc3)cc2C(=O)Nc2nc3ccccc3[nH]2)c(OC)c1. The van der Waals surface area contributed by atoms with Gasteiger partial charge in [-0.15, -0.1) is 0 Å². The van der Waals surface area contributed by atoms with E-state index in [4.69, 9.17) is 14.6 Å². The number of imidazole rings is 1. The third-order valence-corrected chi connectivity index (χ3v) is 5.26. The van der Waals surface area contributed by atoms with Gasteiger partial charge in [0.1, 0.15) is 17.2 Å². The molecule has 0 saturated heterocycles. The molecule has 0 aliphatic carbocycles. The number of hydrogen-bond donors (Lipinski definition) is 2.